The van der Waals surface area contributed by atoms with Crippen LogP contribution in [0.4, 0.5) is 5.95 Å². The third kappa shape index (κ3) is 4.72. The van der Waals surface area contributed by atoms with E-state index in [1.807, 2.05) is 4.68 Å². The fourth-order valence-corrected chi connectivity index (χ4v) is 3.57. The van der Waals surface area contributed by atoms with Gasteiger partial charge in [0.2, 0.25) is 10.7 Å². The first-order chi connectivity index (χ1) is 12.5. The van der Waals surface area contributed by atoms with Gasteiger partial charge in [0.1, 0.15) is 6.54 Å². The minimum absolute atomic E-state index is 0.522. The van der Waals surface area contributed by atoms with Crippen molar-refractivity contribution in [2.75, 3.05) is 38.3 Å². The molecule has 1 atom stereocenters. The molecule has 1 fully saturated rings. The molecule has 0 aliphatic carbocycles. The maximum atomic E-state index is 5.78. The van der Waals surface area contributed by atoms with Crippen LogP contribution >= 0.6 is 12.2 Å². The molecule has 7 heteroatoms. The molecule has 0 radical (unpaired) electrons. The van der Waals surface area contributed by atoms with Crippen LogP contribution in [0.25, 0.3) is 0 Å². The Kier molecular flexibility index (Phi) is 6.45. The molecule has 2 heterocycles. The van der Waals surface area contributed by atoms with E-state index < -0.39 is 0 Å². The number of quaternary nitrogens is 1. The molecule has 1 saturated heterocycles. The van der Waals surface area contributed by atoms with E-state index in [0.29, 0.717) is 5.92 Å². The fraction of sp³-hybridized carbons (Fsp3) is 0.579. The second kappa shape index (κ2) is 8.79. The molecule has 1 unspecified atom stereocenters. The molecule has 142 valence electrons. The van der Waals surface area contributed by atoms with Crippen molar-refractivity contribution in [3.63, 3.8) is 0 Å². The maximum Gasteiger partial charge on any atom is 0.226 e. The van der Waals surface area contributed by atoms with Crippen LogP contribution in [0.1, 0.15) is 19.4 Å². The second-order valence-corrected chi connectivity index (χ2v) is 7.83. The number of ether oxygens (including phenoxy) is 1. The van der Waals surface area contributed by atoms with Crippen molar-refractivity contribution < 1.29 is 9.64 Å². The van der Waals surface area contributed by atoms with E-state index in [2.05, 4.69) is 60.7 Å². The highest BCUT2D eigenvalue weighted by Crippen LogP contribution is 2.17. The van der Waals surface area contributed by atoms with Crippen LogP contribution in [-0.4, -0.2) is 47.7 Å². The van der Waals surface area contributed by atoms with E-state index in [-0.39, 0.29) is 0 Å². The van der Waals surface area contributed by atoms with Crippen LogP contribution in [0.15, 0.2) is 30.3 Å². The summed E-state index contributed by atoms with van der Waals surface area (Å²) in [5.41, 5.74) is 1.33. The van der Waals surface area contributed by atoms with Crippen molar-refractivity contribution in [2.45, 2.75) is 33.6 Å². The lowest BCUT2D eigenvalue weighted by Gasteiger charge is -2.28. The Hall–Kier alpha value is -1.70. The number of aromatic nitrogens is 3. The van der Waals surface area contributed by atoms with Gasteiger partial charge in [0, 0.05) is 25.2 Å². The molecule has 0 spiro atoms. The van der Waals surface area contributed by atoms with Gasteiger partial charge in [-0.05, 0) is 18.1 Å². The standard InChI is InChI=1S/C19H29N5OS/c1-16(2)13-23-18(22-9-11-25-12-10-22)20-24(19(23)26)15-21(3)14-17-7-5-4-6-8-17/h4-8,16H,9-15H2,1-3H3/p+1. The molecule has 0 bridgehead atoms. The van der Waals surface area contributed by atoms with Gasteiger partial charge in [0.15, 0.2) is 6.67 Å². The third-order valence-electron chi connectivity index (χ3n) is 4.51. The van der Waals surface area contributed by atoms with Gasteiger partial charge in [-0.25, -0.2) is 0 Å². The molecule has 6 nitrogen and oxygen atoms in total. The van der Waals surface area contributed by atoms with E-state index in [9.17, 15) is 0 Å². The van der Waals surface area contributed by atoms with Crippen molar-refractivity contribution in [2.24, 2.45) is 5.92 Å². The summed E-state index contributed by atoms with van der Waals surface area (Å²) in [7, 11) is 2.19. The molecular weight excluding hydrogens is 346 g/mol. The number of benzene rings is 1. The normalized spacial score (nSPS) is 16.2. The summed E-state index contributed by atoms with van der Waals surface area (Å²) >= 11 is 5.78. The average molecular weight is 377 g/mol. The van der Waals surface area contributed by atoms with E-state index in [4.69, 9.17) is 22.1 Å². The number of morpholine rings is 1. The molecule has 1 aliphatic rings. The van der Waals surface area contributed by atoms with E-state index in [1.54, 1.807) is 0 Å². The molecule has 2 aromatic rings. The van der Waals surface area contributed by atoms with Crippen LogP contribution in [-0.2, 0) is 24.5 Å². The zero-order valence-electron chi connectivity index (χ0n) is 16.0. The fourth-order valence-electron chi connectivity index (χ4n) is 3.31. The van der Waals surface area contributed by atoms with Crippen LogP contribution in [0.3, 0.4) is 0 Å². The van der Waals surface area contributed by atoms with Gasteiger partial charge in [0.25, 0.3) is 0 Å². The van der Waals surface area contributed by atoms with Gasteiger partial charge in [-0.15, -0.1) is 5.10 Å². The lowest BCUT2D eigenvalue weighted by molar-refractivity contribution is -0.917. The molecule has 0 amide bonds. The highest BCUT2D eigenvalue weighted by Gasteiger charge is 2.21. The highest BCUT2D eigenvalue weighted by atomic mass is 32.1. The van der Waals surface area contributed by atoms with Crippen LogP contribution < -0.4 is 9.80 Å². The van der Waals surface area contributed by atoms with Crippen LogP contribution in [0.2, 0.25) is 0 Å². The quantitative estimate of drug-likeness (QED) is 0.745. The maximum absolute atomic E-state index is 5.78. The summed E-state index contributed by atoms with van der Waals surface area (Å²) in [5, 5.41) is 4.89. The smallest absolute Gasteiger partial charge is 0.226 e. The predicted molar refractivity (Wildman–Crippen MR) is 106 cm³/mol. The first-order valence-corrected chi connectivity index (χ1v) is 9.81. The zero-order chi connectivity index (χ0) is 18.5. The van der Waals surface area contributed by atoms with Crippen molar-refractivity contribution in [1.29, 1.82) is 0 Å². The average Bonchev–Trinajstić information content (AvgIpc) is 2.92. The van der Waals surface area contributed by atoms with Gasteiger partial charge in [-0.1, -0.05) is 44.2 Å². The molecule has 1 aromatic heterocycles. The topological polar surface area (TPSA) is 39.7 Å². The minimum Gasteiger partial charge on any atom is -0.378 e. The zero-order valence-corrected chi connectivity index (χ0v) is 16.8. The molecular formula is C19H30N5OS+. The molecule has 1 aliphatic heterocycles. The Labute approximate surface area is 161 Å². The predicted octanol–water partition coefficient (Wildman–Crippen LogP) is 1.58. The monoisotopic (exact) mass is 376 g/mol. The largest absolute Gasteiger partial charge is 0.378 e. The summed E-state index contributed by atoms with van der Waals surface area (Å²) < 4.78 is 10.5. The first kappa shape index (κ1) is 19.1. The lowest BCUT2D eigenvalue weighted by atomic mass is 10.2. The van der Waals surface area contributed by atoms with Gasteiger partial charge in [-0.3, -0.25) is 4.57 Å². The number of hydrogen-bond donors (Lipinski definition) is 1. The van der Waals surface area contributed by atoms with Gasteiger partial charge >= 0.3 is 0 Å². The SMILES string of the molecule is CC(C)Cn1c(N2CCOCC2)nn(C[NH+](C)Cc2ccccc2)c1=S. The van der Waals surface area contributed by atoms with Gasteiger partial charge in [-0.2, -0.15) is 4.68 Å². The third-order valence-corrected chi connectivity index (χ3v) is 4.94. The highest BCUT2D eigenvalue weighted by molar-refractivity contribution is 7.71. The first-order valence-electron chi connectivity index (χ1n) is 9.40. The lowest BCUT2D eigenvalue weighted by Crippen LogP contribution is -3.07. The number of nitrogens with one attached hydrogen (secondary N) is 1. The van der Waals surface area contributed by atoms with Crippen molar-refractivity contribution in [3.05, 3.63) is 40.7 Å². The minimum atomic E-state index is 0.522. The molecule has 0 saturated carbocycles. The van der Waals surface area contributed by atoms with Crippen LogP contribution in [0, 0.1) is 10.7 Å². The van der Waals surface area contributed by atoms with Gasteiger partial charge < -0.3 is 14.5 Å². The summed E-state index contributed by atoms with van der Waals surface area (Å²) in [6.07, 6.45) is 0. The molecule has 3 rings (SSSR count). The summed E-state index contributed by atoms with van der Waals surface area (Å²) in [6.45, 7) is 10.3. The number of nitrogens with zero attached hydrogens (tertiary/aromatic N) is 4. The Balaban J connectivity index is 1.80. The Morgan fingerprint density at radius 2 is 1.88 bits per heavy atom. The number of anilines is 1. The van der Waals surface area contributed by atoms with Crippen molar-refractivity contribution in [1.82, 2.24) is 14.3 Å². The molecule has 26 heavy (non-hydrogen) atoms. The van der Waals surface area contributed by atoms with Gasteiger partial charge in [0.05, 0.1) is 20.3 Å². The van der Waals surface area contributed by atoms with E-state index >= 15 is 0 Å². The summed E-state index contributed by atoms with van der Waals surface area (Å²) in [4.78, 5) is 3.65. The molecule has 1 aromatic carbocycles. The van der Waals surface area contributed by atoms with E-state index in [0.717, 1.165) is 56.8 Å². The number of hydrogen-bond acceptors (Lipinski definition) is 4. The van der Waals surface area contributed by atoms with E-state index in [1.165, 1.54) is 10.5 Å². The summed E-state index contributed by atoms with van der Waals surface area (Å²) in [5.74, 6) is 1.51. The van der Waals surface area contributed by atoms with Crippen LogP contribution in [0.5, 0.6) is 0 Å². The Morgan fingerprint density at radius 3 is 2.54 bits per heavy atom. The van der Waals surface area contributed by atoms with Crippen molar-refractivity contribution in [3.8, 4) is 0 Å². The Bertz CT molecular complexity index is 749. The molecule has 1 N–H and O–H groups in total. The second-order valence-electron chi connectivity index (χ2n) is 7.46. The van der Waals surface area contributed by atoms with Crippen molar-refractivity contribution >= 4 is 18.2 Å². The summed E-state index contributed by atoms with van der Waals surface area (Å²) in [6, 6.07) is 10.6. The Morgan fingerprint density at radius 1 is 1.19 bits per heavy atom. The number of rotatable bonds is 7.